The zero-order valence-electron chi connectivity index (χ0n) is 8.78. The lowest BCUT2D eigenvalue weighted by atomic mass is 9.98. The molecular formula is C11H13N3OS. The Balaban J connectivity index is 1.80. The summed E-state index contributed by atoms with van der Waals surface area (Å²) < 4.78 is 0. The lowest BCUT2D eigenvalue weighted by Crippen LogP contribution is -2.25. The molecule has 0 amide bonds. The SMILES string of the molecule is O/N=C1\[C@H]2CC[C@@H](C2)[C@H]1Sc1ncccn1. The molecule has 2 aliphatic rings. The van der Waals surface area contributed by atoms with Crippen LogP contribution in [-0.2, 0) is 0 Å². The lowest BCUT2D eigenvalue weighted by Gasteiger charge is -2.20. The van der Waals surface area contributed by atoms with E-state index in [-0.39, 0.29) is 5.25 Å². The van der Waals surface area contributed by atoms with Crippen LogP contribution in [0.3, 0.4) is 0 Å². The first-order chi connectivity index (χ1) is 7.88. The smallest absolute Gasteiger partial charge is 0.188 e. The Bertz CT molecular complexity index is 409. The molecule has 3 rings (SSSR count). The van der Waals surface area contributed by atoms with E-state index in [1.807, 2.05) is 6.07 Å². The quantitative estimate of drug-likeness (QED) is 0.485. The molecular weight excluding hydrogens is 222 g/mol. The van der Waals surface area contributed by atoms with E-state index in [0.717, 1.165) is 10.9 Å². The molecule has 4 nitrogen and oxygen atoms in total. The van der Waals surface area contributed by atoms with Crippen LogP contribution < -0.4 is 0 Å². The Labute approximate surface area is 98.2 Å². The number of hydrogen-bond acceptors (Lipinski definition) is 5. The van der Waals surface area contributed by atoms with Crippen molar-refractivity contribution in [2.75, 3.05) is 0 Å². The Morgan fingerprint density at radius 1 is 1.31 bits per heavy atom. The van der Waals surface area contributed by atoms with Gasteiger partial charge in [-0.2, -0.15) is 0 Å². The van der Waals surface area contributed by atoms with Gasteiger partial charge in [0, 0.05) is 18.3 Å². The molecule has 1 heterocycles. The van der Waals surface area contributed by atoms with Crippen molar-refractivity contribution in [2.24, 2.45) is 17.0 Å². The summed E-state index contributed by atoms with van der Waals surface area (Å²) in [6.45, 7) is 0. The van der Waals surface area contributed by atoms with E-state index in [1.165, 1.54) is 19.3 Å². The summed E-state index contributed by atoms with van der Waals surface area (Å²) in [5, 5.41) is 13.6. The van der Waals surface area contributed by atoms with Gasteiger partial charge < -0.3 is 5.21 Å². The van der Waals surface area contributed by atoms with E-state index < -0.39 is 0 Å². The van der Waals surface area contributed by atoms with E-state index >= 15 is 0 Å². The second kappa shape index (κ2) is 4.05. The summed E-state index contributed by atoms with van der Waals surface area (Å²) in [4.78, 5) is 8.42. The van der Waals surface area contributed by atoms with Crippen molar-refractivity contribution >= 4 is 17.5 Å². The normalized spacial score (nSPS) is 34.8. The minimum atomic E-state index is 0.283. The highest BCUT2D eigenvalue weighted by Gasteiger charge is 2.46. The molecule has 5 heteroatoms. The van der Waals surface area contributed by atoms with Crippen molar-refractivity contribution in [3.8, 4) is 0 Å². The molecule has 2 bridgehead atoms. The second-order valence-corrected chi connectivity index (χ2v) is 5.47. The first-order valence-corrected chi connectivity index (χ1v) is 6.42. The van der Waals surface area contributed by atoms with Gasteiger partial charge >= 0.3 is 0 Å². The largest absolute Gasteiger partial charge is 0.411 e. The fraction of sp³-hybridized carbons (Fsp3) is 0.545. The van der Waals surface area contributed by atoms with Gasteiger partial charge in [0.1, 0.15) is 0 Å². The van der Waals surface area contributed by atoms with Crippen molar-refractivity contribution in [3.63, 3.8) is 0 Å². The third kappa shape index (κ3) is 1.59. The van der Waals surface area contributed by atoms with Crippen LogP contribution in [0.2, 0.25) is 0 Å². The number of oxime groups is 1. The molecule has 1 aromatic rings. The first-order valence-electron chi connectivity index (χ1n) is 5.54. The first kappa shape index (κ1) is 10.1. The third-order valence-corrected chi connectivity index (χ3v) is 4.80. The number of fused-ring (bicyclic) bond motifs is 2. The van der Waals surface area contributed by atoms with Crippen LogP contribution in [0.1, 0.15) is 19.3 Å². The van der Waals surface area contributed by atoms with E-state index in [0.29, 0.717) is 11.8 Å². The number of hydrogen-bond donors (Lipinski definition) is 1. The van der Waals surface area contributed by atoms with E-state index in [4.69, 9.17) is 5.21 Å². The maximum atomic E-state index is 9.07. The summed E-state index contributed by atoms with van der Waals surface area (Å²) >= 11 is 1.63. The van der Waals surface area contributed by atoms with E-state index in [9.17, 15) is 0 Å². The second-order valence-electron chi connectivity index (χ2n) is 4.36. The average Bonchev–Trinajstić information content (AvgIpc) is 2.91. The predicted molar refractivity (Wildman–Crippen MR) is 61.7 cm³/mol. The molecule has 1 aromatic heterocycles. The van der Waals surface area contributed by atoms with Crippen LogP contribution in [0, 0.1) is 11.8 Å². The van der Waals surface area contributed by atoms with Gasteiger partial charge in [0.25, 0.3) is 0 Å². The van der Waals surface area contributed by atoms with Gasteiger partial charge in [-0.1, -0.05) is 16.9 Å². The molecule has 2 aliphatic carbocycles. The minimum absolute atomic E-state index is 0.283. The fourth-order valence-corrected chi connectivity index (χ4v) is 4.06. The highest BCUT2D eigenvalue weighted by atomic mass is 32.2. The average molecular weight is 235 g/mol. The highest BCUT2D eigenvalue weighted by Crippen LogP contribution is 2.48. The predicted octanol–water partition coefficient (Wildman–Crippen LogP) is 2.20. The highest BCUT2D eigenvalue weighted by molar-refractivity contribution is 8.00. The molecule has 0 unspecified atom stereocenters. The van der Waals surface area contributed by atoms with Gasteiger partial charge in [-0.3, -0.25) is 0 Å². The summed E-state index contributed by atoms with van der Waals surface area (Å²) in [7, 11) is 0. The van der Waals surface area contributed by atoms with Gasteiger partial charge in [-0.15, -0.1) is 0 Å². The Hall–Kier alpha value is -1.10. The molecule has 16 heavy (non-hydrogen) atoms. The van der Waals surface area contributed by atoms with Crippen molar-refractivity contribution in [2.45, 2.75) is 29.7 Å². The molecule has 2 saturated carbocycles. The number of nitrogens with zero attached hydrogens (tertiary/aromatic N) is 3. The standard InChI is InChI=1S/C11H13N3OS/c15-14-9-7-2-3-8(6-7)10(9)16-11-12-4-1-5-13-11/h1,4-5,7-8,10,15H,2-3,6H2/b14-9+/t7-,8-,10+/m0/s1. The molecule has 0 aliphatic heterocycles. The molecule has 3 atom stereocenters. The Kier molecular flexibility index (Phi) is 2.55. The molecule has 84 valence electrons. The minimum Gasteiger partial charge on any atom is -0.411 e. The van der Waals surface area contributed by atoms with Crippen LogP contribution in [0.5, 0.6) is 0 Å². The molecule has 0 saturated heterocycles. The Morgan fingerprint density at radius 2 is 2.12 bits per heavy atom. The summed E-state index contributed by atoms with van der Waals surface area (Å²) in [6, 6.07) is 1.81. The van der Waals surface area contributed by atoms with Gasteiger partial charge in [-0.05, 0) is 31.2 Å². The number of rotatable bonds is 2. The van der Waals surface area contributed by atoms with Crippen molar-refractivity contribution in [3.05, 3.63) is 18.5 Å². The summed E-state index contributed by atoms with van der Waals surface area (Å²) in [5.74, 6) is 1.14. The van der Waals surface area contributed by atoms with Gasteiger partial charge in [0.05, 0.1) is 11.0 Å². The fourth-order valence-electron chi connectivity index (χ4n) is 2.79. The Morgan fingerprint density at radius 3 is 2.88 bits per heavy atom. The van der Waals surface area contributed by atoms with Crippen molar-refractivity contribution in [1.29, 1.82) is 0 Å². The van der Waals surface area contributed by atoms with E-state index in [2.05, 4.69) is 15.1 Å². The van der Waals surface area contributed by atoms with Crippen molar-refractivity contribution < 1.29 is 5.21 Å². The van der Waals surface area contributed by atoms with Crippen LogP contribution in [-0.4, -0.2) is 26.1 Å². The number of aromatic nitrogens is 2. The van der Waals surface area contributed by atoms with Gasteiger partial charge in [0.2, 0.25) is 0 Å². The molecule has 0 radical (unpaired) electrons. The van der Waals surface area contributed by atoms with Crippen molar-refractivity contribution in [1.82, 2.24) is 9.97 Å². The zero-order valence-corrected chi connectivity index (χ0v) is 9.60. The molecule has 1 N–H and O–H groups in total. The zero-order chi connectivity index (χ0) is 11.0. The maximum Gasteiger partial charge on any atom is 0.188 e. The topological polar surface area (TPSA) is 58.4 Å². The van der Waals surface area contributed by atoms with Gasteiger partial charge in [0.15, 0.2) is 5.16 Å². The number of thioether (sulfide) groups is 1. The molecule has 2 fully saturated rings. The maximum absolute atomic E-state index is 9.07. The van der Waals surface area contributed by atoms with Crippen LogP contribution >= 0.6 is 11.8 Å². The third-order valence-electron chi connectivity index (χ3n) is 3.50. The van der Waals surface area contributed by atoms with Crippen LogP contribution in [0.25, 0.3) is 0 Å². The van der Waals surface area contributed by atoms with Crippen LogP contribution in [0.15, 0.2) is 28.8 Å². The monoisotopic (exact) mass is 235 g/mol. The molecule has 0 spiro atoms. The molecule has 0 aromatic carbocycles. The summed E-state index contributed by atoms with van der Waals surface area (Å²) in [6.07, 6.45) is 7.09. The summed E-state index contributed by atoms with van der Waals surface area (Å²) in [5.41, 5.74) is 0.953. The van der Waals surface area contributed by atoms with E-state index in [1.54, 1.807) is 24.2 Å². The van der Waals surface area contributed by atoms with Crippen LogP contribution in [0.4, 0.5) is 0 Å². The van der Waals surface area contributed by atoms with Gasteiger partial charge in [-0.25, -0.2) is 9.97 Å². The lowest BCUT2D eigenvalue weighted by molar-refractivity contribution is 0.314.